The second-order valence-corrected chi connectivity index (χ2v) is 16.0. The van der Waals surface area contributed by atoms with Gasteiger partial charge in [-0.05, 0) is 49.8 Å². The van der Waals surface area contributed by atoms with Gasteiger partial charge in [-0.2, -0.15) is 10.2 Å². The average Bonchev–Trinajstić information content (AvgIpc) is 4.07. The highest BCUT2D eigenvalue weighted by Crippen LogP contribution is 2.40. The maximum absolute atomic E-state index is 15.3. The van der Waals surface area contributed by atoms with Crippen LogP contribution in [0.4, 0.5) is 35.3 Å². The first kappa shape index (κ1) is 38.2. The topological polar surface area (TPSA) is 169 Å². The molecule has 0 radical (unpaired) electrons. The zero-order valence-corrected chi connectivity index (χ0v) is 32.3. The van der Waals surface area contributed by atoms with E-state index >= 15 is 4.39 Å². The number of morpholine rings is 1. The number of urea groups is 1. The van der Waals surface area contributed by atoms with Crippen molar-refractivity contribution in [2.75, 3.05) is 61.1 Å². The number of nitrogens with zero attached hydrogens (tertiary/aromatic N) is 10. The Balaban J connectivity index is 0.695. The maximum Gasteiger partial charge on any atom is 0.329 e. The first-order valence-electron chi connectivity index (χ1n) is 20.1. The number of imidazole rings is 1. The molecule has 17 nitrogen and oxygen atoms in total. The molecule has 9 heterocycles. The molecule has 60 heavy (non-hydrogen) atoms. The number of fused-ring (bicyclic) bond motifs is 4. The minimum absolute atomic E-state index is 0.0574. The molecule has 2 N–H and O–H groups in total. The number of rotatable bonds is 10. The van der Waals surface area contributed by atoms with Crippen LogP contribution in [0.3, 0.4) is 0 Å². The number of hydrogen-bond acceptors (Lipinski definition) is 11. The van der Waals surface area contributed by atoms with E-state index in [9.17, 15) is 23.2 Å². The van der Waals surface area contributed by atoms with Gasteiger partial charge in [-0.3, -0.25) is 33.8 Å². The van der Waals surface area contributed by atoms with Gasteiger partial charge in [-0.25, -0.2) is 32.4 Å². The van der Waals surface area contributed by atoms with Gasteiger partial charge >= 0.3 is 6.03 Å². The zero-order chi connectivity index (χ0) is 41.1. The number of ether oxygens (including phenoxy) is 2. The van der Waals surface area contributed by atoms with Crippen LogP contribution in [-0.2, 0) is 14.3 Å². The summed E-state index contributed by atoms with van der Waals surface area (Å²) in [7, 11) is 0. The Labute approximate surface area is 340 Å². The van der Waals surface area contributed by atoms with E-state index in [0.29, 0.717) is 67.5 Å². The van der Waals surface area contributed by atoms with Crippen molar-refractivity contribution < 1.29 is 37.0 Å². The molecule has 4 saturated heterocycles. The number of halogens is 3. The molecule has 4 atom stereocenters. The molecule has 4 amide bonds. The Morgan fingerprint density at radius 2 is 1.98 bits per heavy atom. The molecule has 0 spiro atoms. The summed E-state index contributed by atoms with van der Waals surface area (Å²) in [5.41, 5.74) is 1.19. The zero-order valence-electron chi connectivity index (χ0n) is 32.3. The Morgan fingerprint density at radius 1 is 1.10 bits per heavy atom. The van der Waals surface area contributed by atoms with E-state index in [-0.39, 0.29) is 67.4 Å². The predicted molar refractivity (Wildman–Crippen MR) is 209 cm³/mol. The molecular formula is C40H41F3N12O5. The summed E-state index contributed by atoms with van der Waals surface area (Å²) >= 11 is 0. The Kier molecular flexibility index (Phi) is 9.88. The number of aromatic nitrogens is 7. The van der Waals surface area contributed by atoms with Crippen LogP contribution < -0.4 is 20.4 Å². The number of hydrogen-bond donors (Lipinski definition) is 2. The lowest BCUT2D eigenvalue weighted by molar-refractivity contribution is -0.120. The number of anilines is 3. The maximum atomic E-state index is 15.3. The third-order valence-corrected chi connectivity index (χ3v) is 12.1. The molecule has 1 saturated carbocycles. The molecular weight excluding hydrogens is 786 g/mol. The van der Waals surface area contributed by atoms with E-state index in [1.807, 2.05) is 6.07 Å². The molecule has 1 aliphatic carbocycles. The van der Waals surface area contributed by atoms with Crippen molar-refractivity contribution in [1.29, 1.82) is 0 Å². The van der Waals surface area contributed by atoms with Gasteiger partial charge in [-0.1, -0.05) is 11.8 Å². The number of amides is 4. The predicted octanol–water partition coefficient (Wildman–Crippen LogP) is 3.62. The Bertz CT molecular complexity index is 2540. The molecule has 0 unspecified atom stereocenters. The van der Waals surface area contributed by atoms with Gasteiger partial charge in [0.25, 0.3) is 12.3 Å². The molecule has 20 heteroatoms. The third kappa shape index (κ3) is 7.30. The van der Waals surface area contributed by atoms with Crippen molar-refractivity contribution in [2.45, 2.75) is 69.0 Å². The van der Waals surface area contributed by atoms with Crippen LogP contribution in [0.15, 0.2) is 49.2 Å². The lowest BCUT2D eigenvalue weighted by atomic mass is 9.79. The number of pyridine rings is 1. The van der Waals surface area contributed by atoms with Crippen LogP contribution in [-0.4, -0.2) is 127 Å². The minimum Gasteiger partial charge on any atom is -0.374 e. The van der Waals surface area contributed by atoms with Gasteiger partial charge in [0.05, 0.1) is 49.0 Å². The monoisotopic (exact) mass is 826 g/mol. The quantitative estimate of drug-likeness (QED) is 0.198. The number of piperidine rings is 1. The second-order valence-electron chi connectivity index (χ2n) is 16.0. The Morgan fingerprint density at radius 3 is 2.77 bits per heavy atom. The number of carbonyl (C=O) groups is 3. The summed E-state index contributed by atoms with van der Waals surface area (Å²) in [6, 6.07) is 5.01. The van der Waals surface area contributed by atoms with Gasteiger partial charge in [0, 0.05) is 63.3 Å². The largest absolute Gasteiger partial charge is 0.374 e. The summed E-state index contributed by atoms with van der Waals surface area (Å²) in [6.45, 7) is 3.22. The van der Waals surface area contributed by atoms with Crippen LogP contribution in [0.1, 0.15) is 66.2 Å². The lowest BCUT2D eigenvalue weighted by Gasteiger charge is -2.41. The third-order valence-electron chi connectivity index (χ3n) is 12.1. The number of imide groups is 1. The van der Waals surface area contributed by atoms with Crippen LogP contribution in [0, 0.1) is 17.8 Å². The molecule has 4 aliphatic heterocycles. The first-order valence-corrected chi connectivity index (χ1v) is 20.1. The summed E-state index contributed by atoms with van der Waals surface area (Å²) in [5.74, 6) is 6.56. The van der Waals surface area contributed by atoms with Crippen LogP contribution in [0.25, 0.3) is 11.3 Å². The summed E-state index contributed by atoms with van der Waals surface area (Å²) in [5, 5.41) is 13.4. The van der Waals surface area contributed by atoms with Crippen molar-refractivity contribution >= 4 is 46.5 Å². The lowest BCUT2D eigenvalue weighted by Crippen LogP contribution is -2.50. The molecule has 5 fully saturated rings. The highest BCUT2D eigenvalue weighted by molar-refractivity contribution is 6.08. The molecule has 5 aromatic rings. The fourth-order valence-corrected chi connectivity index (χ4v) is 8.94. The van der Waals surface area contributed by atoms with E-state index in [1.54, 1.807) is 35.1 Å². The van der Waals surface area contributed by atoms with Gasteiger partial charge < -0.3 is 19.7 Å². The van der Waals surface area contributed by atoms with E-state index in [0.717, 1.165) is 13.0 Å². The van der Waals surface area contributed by atoms with E-state index < -0.39 is 36.3 Å². The fourth-order valence-electron chi connectivity index (χ4n) is 8.94. The average molecular weight is 827 g/mol. The SMILES string of the molecule is O=C1CCN(c2cnc3cc(C#CCO[C@@H]4CCN(CC5CC(n6cc(NC(=O)c7cnn8ccc(N9C[C@H]%10C[C@@H]9CO%10)nc78)c(C(F)F)n6)C5)C[C@@H]4F)ccn23)C(=O)N1. The minimum atomic E-state index is -2.90. The molecule has 5 aliphatic rings. The van der Waals surface area contributed by atoms with Crippen molar-refractivity contribution in [2.24, 2.45) is 5.92 Å². The standard InChI is InChI=1S/C40H41F3N12O5/c41-29-20-50(7-4-31(29)59-11-1-2-23-3-8-51-33(14-23)44-17-35(51)52-9-6-34(56)48-40(52)58)18-24-12-25(13-24)55-21-30(36(49-55)37(42)43)46-39(57)28-16-45-54-10-5-32(47-38(28)54)53-19-27-15-26(53)22-60-27/h3,5,8,10,14,16-17,21,24-27,29,31,37H,4,6-7,9,11-13,15,18-20,22H2,(H,46,57)(H,48,56,58)/t24?,25?,26-,27-,29+,31-/m1/s1. The van der Waals surface area contributed by atoms with Crippen LogP contribution in [0.5, 0.6) is 0 Å². The van der Waals surface area contributed by atoms with E-state index in [2.05, 4.69) is 47.5 Å². The van der Waals surface area contributed by atoms with Gasteiger partial charge in [0.2, 0.25) is 5.91 Å². The fraction of sp³-hybridized carbons (Fsp3) is 0.475. The second kappa shape index (κ2) is 15.5. The number of alkyl halides is 3. The molecule has 312 valence electrons. The van der Waals surface area contributed by atoms with E-state index in [1.165, 1.54) is 26.5 Å². The summed E-state index contributed by atoms with van der Waals surface area (Å²) in [6.07, 6.45) is 6.40. The first-order chi connectivity index (χ1) is 29.1. The smallest absolute Gasteiger partial charge is 0.329 e. The van der Waals surface area contributed by atoms with Gasteiger partial charge in [0.1, 0.15) is 35.6 Å². The summed E-state index contributed by atoms with van der Waals surface area (Å²) in [4.78, 5) is 52.0. The highest BCUT2D eigenvalue weighted by Gasteiger charge is 2.40. The molecule has 10 rings (SSSR count). The van der Waals surface area contributed by atoms with Crippen molar-refractivity contribution in [3.05, 3.63) is 66.0 Å². The number of nitrogens with one attached hydrogen (secondary N) is 2. The highest BCUT2D eigenvalue weighted by atomic mass is 19.3. The van der Waals surface area contributed by atoms with E-state index in [4.69, 9.17) is 14.5 Å². The number of likely N-dealkylation sites (tertiary alicyclic amines) is 1. The molecule has 5 aromatic heterocycles. The number of carbonyl (C=O) groups excluding carboxylic acids is 3. The van der Waals surface area contributed by atoms with Crippen LogP contribution >= 0.6 is 0 Å². The molecule has 2 bridgehead atoms. The normalized spacial score (nSPS) is 25.5. The van der Waals surface area contributed by atoms with Crippen LogP contribution in [0.2, 0.25) is 0 Å². The Hall–Kier alpha value is -6.04. The van der Waals surface area contributed by atoms with Crippen molar-refractivity contribution in [1.82, 2.24) is 44.0 Å². The van der Waals surface area contributed by atoms with Gasteiger partial charge in [-0.15, -0.1) is 0 Å². The molecule has 0 aromatic carbocycles. The van der Waals surface area contributed by atoms with Crippen molar-refractivity contribution in [3.63, 3.8) is 0 Å². The summed E-state index contributed by atoms with van der Waals surface area (Å²) < 4.78 is 59.9. The van der Waals surface area contributed by atoms with Crippen molar-refractivity contribution in [3.8, 4) is 11.8 Å². The van der Waals surface area contributed by atoms with Gasteiger partial charge in [0.15, 0.2) is 11.3 Å².